The van der Waals surface area contributed by atoms with Crippen LogP contribution in [0.1, 0.15) is 117 Å². The average molecular weight is 299 g/mol. The van der Waals surface area contributed by atoms with E-state index in [0.29, 0.717) is 0 Å². The van der Waals surface area contributed by atoms with E-state index in [1.807, 2.05) is 0 Å². The Bertz CT molecular complexity index is 149. The van der Waals surface area contributed by atoms with Crippen molar-refractivity contribution in [1.82, 2.24) is 0 Å². The predicted molar refractivity (Wildman–Crippen MR) is 96.0 cm³/mol. The third kappa shape index (κ3) is 20.0. The summed E-state index contributed by atoms with van der Waals surface area (Å²) < 4.78 is 5.58. The molecular weight excluding hydrogens is 256 g/mol. The van der Waals surface area contributed by atoms with Gasteiger partial charge >= 0.3 is 0 Å². The molecular formula is C20H42O. The van der Waals surface area contributed by atoms with Crippen molar-refractivity contribution in [3.05, 3.63) is 0 Å². The van der Waals surface area contributed by atoms with Gasteiger partial charge in [-0.15, -0.1) is 0 Å². The van der Waals surface area contributed by atoms with Crippen LogP contribution in [0, 0.1) is 0 Å². The van der Waals surface area contributed by atoms with Crippen LogP contribution in [0.5, 0.6) is 0 Å². The summed E-state index contributed by atoms with van der Waals surface area (Å²) in [6.07, 6.45) is 22.5. The second-order valence-corrected chi connectivity index (χ2v) is 6.56. The molecule has 0 aliphatic carbocycles. The Labute approximate surface area is 135 Å². The van der Waals surface area contributed by atoms with E-state index >= 15 is 0 Å². The van der Waals surface area contributed by atoms with E-state index in [1.165, 1.54) is 103 Å². The number of hydrogen-bond acceptors (Lipinski definition) is 1. The first kappa shape index (κ1) is 21.0. The quantitative estimate of drug-likeness (QED) is 0.241. The SMILES string of the molecule is CCCCCCCCCCCCCCCCOCCCC. The summed E-state index contributed by atoms with van der Waals surface area (Å²) >= 11 is 0. The van der Waals surface area contributed by atoms with Gasteiger partial charge in [-0.2, -0.15) is 0 Å². The van der Waals surface area contributed by atoms with Crippen molar-refractivity contribution >= 4 is 0 Å². The van der Waals surface area contributed by atoms with Gasteiger partial charge in [0, 0.05) is 13.2 Å². The molecule has 1 heteroatoms. The van der Waals surface area contributed by atoms with E-state index in [-0.39, 0.29) is 0 Å². The highest BCUT2D eigenvalue weighted by atomic mass is 16.5. The first-order valence-corrected chi connectivity index (χ1v) is 9.99. The maximum Gasteiger partial charge on any atom is 0.0466 e. The van der Waals surface area contributed by atoms with Crippen molar-refractivity contribution in [3.8, 4) is 0 Å². The van der Waals surface area contributed by atoms with Crippen molar-refractivity contribution < 1.29 is 4.74 Å². The lowest BCUT2D eigenvalue weighted by Crippen LogP contribution is -1.96. The molecule has 0 N–H and O–H groups in total. The molecule has 0 heterocycles. The monoisotopic (exact) mass is 298 g/mol. The van der Waals surface area contributed by atoms with Crippen LogP contribution in [0.2, 0.25) is 0 Å². The fraction of sp³-hybridized carbons (Fsp3) is 1.00. The summed E-state index contributed by atoms with van der Waals surface area (Å²) in [6.45, 7) is 6.46. The fourth-order valence-electron chi connectivity index (χ4n) is 2.75. The van der Waals surface area contributed by atoms with Crippen LogP contribution in [0.4, 0.5) is 0 Å². The van der Waals surface area contributed by atoms with Crippen LogP contribution in [0.15, 0.2) is 0 Å². The standard InChI is InChI=1S/C20H42O/c1-3-5-7-8-9-10-11-12-13-14-15-16-17-18-20-21-19-6-4-2/h3-20H2,1-2H3. The van der Waals surface area contributed by atoms with E-state index < -0.39 is 0 Å². The third-order valence-electron chi connectivity index (χ3n) is 4.28. The highest BCUT2D eigenvalue weighted by Gasteiger charge is 1.94. The topological polar surface area (TPSA) is 9.23 Å². The lowest BCUT2D eigenvalue weighted by molar-refractivity contribution is 0.127. The van der Waals surface area contributed by atoms with Gasteiger partial charge in [-0.05, 0) is 12.8 Å². The van der Waals surface area contributed by atoms with Crippen LogP contribution in [-0.2, 0) is 4.74 Å². The van der Waals surface area contributed by atoms with Gasteiger partial charge in [-0.3, -0.25) is 0 Å². The van der Waals surface area contributed by atoms with Gasteiger partial charge in [-0.25, -0.2) is 0 Å². The minimum atomic E-state index is 0.967. The summed E-state index contributed by atoms with van der Waals surface area (Å²) in [4.78, 5) is 0. The number of ether oxygens (including phenoxy) is 1. The number of hydrogen-bond donors (Lipinski definition) is 0. The van der Waals surface area contributed by atoms with E-state index in [2.05, 4.69) is 13.8 Å². The molecule has 0 aliphatic heterocycles. The minimum Gasteiger partial charge on any atom is -0.381 e. The molecule has 0 bridgehead atoms. The Kier molecular flexibility index (Phi) is 19.9. The normalized spacial score (nSPS) is 11.1. The van der Waals surface area contributed by atoms with Crippen molar-refractivity contribution in [1.29, 1.82) is 0 Å². The van der Waals surface area contributed by atoms with E-state index in [0.717, 1.165) is 13.2 Å². The lowest BCUT2D eigenvalue weighted by Gasteiger charge is -2.04. The minimum absolute atomic E-state index is 0.967. The molecule has 0 rings (SSSR count). The van der Waals surface area contributed by atoms with Gasteiger partial charge in [0.15, 0.2) is 0 Å². The Balaban J connectivity index is 2.90. The molecule has 0 aromatic carbocycles. The van der Waals surface area contributed by atoms with Crippen molar-refractivity contribution in [2.45, 2.75) is 117 Å². The molecule has 0 aromatic rings. The summed E-state index contributed by atoms with van der Waals surface area (Å²) in [7, 11) is 0. The van der Waals surface area contributed by atoms with Crippen LogP contribution < -0.4 is 0 Å². The van der Waals surface area contributed by atoms with Crippen molar-refractivity contribution in [2.75, 3.05) is 13.2 Å². The lowest BCUT2D eigenvalue weighted by atomic mass is 10.0. The molecule has 0 unspecified atom stereocenters. The Hall–Kier alpha value is -0.0400. The zero-order valence-electron chi connectivity index (χ0n) is 15.1. The third-order valence-corrected chi connectivity index (χ3v) is 4.28. The molecule has 0 spiro atoms. The van der Waals surface area contributed by atoms with Crippen LogP contribution in [0.3, 0.4) is 0 Å². The first-order valence-electron chi connectivity index (χ1n) is 9.99. The fourth-order valence-corrected chi connectivity index (χ4v) is 2.75. The molecule has 0 aliphatic rings. The smallest absolute Gasteiger partial charge is 0.0466 e. The van der Waals surface area contributed by atoms with Gasteiger partial charge in [0.25, 0.3) is 0 Å². The molecule has 0 atom stereocenters. The van der Waals surface area contributed by atoms with Crippen LogP contribution in [0.25, 0.3) is 0 Å². The second kappa shape index (κ2) is 20.0. The molecule has 21 heavy (non-hydrogen) atoms. The average Bonchev–Trinajstić information content (AvgIpc) is 2.50. The van der Waals surface area contributed by atoms with Crippen molar-refractivity contribution in [3.63, 3.8) is 0 Å². The maximum atomic E-state index is 5.58. The highest BCUT2D eigenvalue weighted by Crippen LogP contribution is 2.12. The summed E-state index contributed by atoms with van der Waals surface area (Å²) in [5.41, 5.74) is 0. The Morgan fingerprint density at radius 1 is 0.381 bits per heavy atom. The summed E-state index contributed by atoms with van der Waals surface area (Å²) in [5.74, 6) is 0. The number of unbranched alkanes of at least 4 members (excludes halogenated alkanes) is 14. The first-order chi connectivity index (χ1) is 10.4. The predicted octanol–water partition coefficient (Wildman–Crippen LogP) is 7.28. The molecule has 0 saturated carbocycles. The Morgan fingerprint density at radius 3 is 1.14 bits per heavy atom. The molecule has 128 valence electrons. The largest absolute Gasteiger partial charge is 0.381 e. The number of rotatable bonds is 18. The molecule has 0 saturated heterocycles. The van der Waals surface area contributed by atoms with Gasteiger partial charge in [-0.1, -0.05) is 104 Å². The second-order valence-electron chi connectivity index (χ2n) is 6.56. The Morgan fingerprint density at radius 2 is 0.714 bits per heavy atom. The summed E-state index contributed by atoms with van der Waals surface area (Å²) in [6, 6.07) is 0. The molecule has 1 nitrogen and oxygen atoms in total. The zero-order chi connectivity index (χ0) is 15.4. The maximum absolute atomic E-state index is 5.58. The van der Waals surface area contributed by atoms with E-state index in [1.54, 1.807) is 0 Å². The van der Waals surface area contributed by atoms with Gasteiger partial charge < -0.3 is 4.74 Å². The van der Waals surface area contributed by atoms with E-state index in [9.17, 15) is 0 Å². The van der Waals surface area contributed by atoms with Crippen LogP contribution >= 0.6 is 0 Å². The molecule has 0 fully saturated rings. The van der Waals surface area contributed by atoms with Gasteiger partial charge in [0.1, 0.15) is 0 Å². The molecule has 0 aromatic heterocycles. The van der Waals surface area contributed by atoms with E-state index in [4.69, 9.17) is 4.74 Å². The van der Waals surface area contributed by atoms with Gasteiger partial charge in [0.05, 0.1) is 0 Å². The van der Waals surface area contributed by atoms with Crippen molar-refractivity contribution in [2.24, 2.45) is 0 Å². The zero-order valence-corrected chi connectivity index (χ0v) is 15.1. The summed E-state index contributed by atoms with van der Waals surface area (Å²) in [5, 5.41) is 0. The highest BCUT2D eigenvalue weighted by molar-refractivity contribution is 4.49. The molecule has 0 amide bonds. The van der Waals surface area contributed by atoms with Gasteiger partial charge in [0.2, 0.25) is 0 Å². The van der Waals surface area contributed by atoms with Crippen LogP contribution in [-0.4, -0.2) is 13.2 Å². The molecule has 0 radical (unpaired) electrons.